The molecule has 0 saturated heterocycles. The van der Waals surface area contributed by atoms with E-state index in [-0.39, 0.29) is 10.6 Å². The molecular weight excluding hydrogens is 276 g/mol. The van der Waals surface area contributed by atoms with Crippen molar-refractivity contribution in [3.05, 3.63) is 75.8 Å². The molecule has 0 bridgehead atoms. The fourth-order valence-electron chi connectivity index (χ4n) is 2.47. The third-order valence-corrected chi connectivity index (χ3v) is 3.67. The Balaban J connectivity index is 1.67. The molecule has 2 aromatic carbocycles. The van der Waals surface area contributed by atoms with Crippen molar-refractivity contribution in [3.8, 4) is 0 Å². The van der Waals surface area contributed by atoms with Crippen LogP contribution in [0.2, 0.25) is 0 Å². The predicted octanol–water partition coefficient (Wildman–Crippen LogP) is 3.75. The van der Waals surface area contributed by atoms with Crippen LogP contribution in [0.15, 0.2) is 54.6 Å². The van der Waals surface area contributed by atoms with Gasteiger partial charge in [0.1, 0.15) is 0 Å². The molecule has 0 aliphatic rings. The van der Waals surface area contributed by atoms with E-state index in [1.807, 2.05) is 18.2 Å². The van der Waals surface area contributed by atoms with Gasteiger partial charge in [-0.05, 0) is 43.9 Å². The van der Waals surface area contributed by atoms with E-state index >= 15 is 0 Å². The number of nitrogens with one attached hydrogen (secondary N) is 1. The predicted molar refractivity (Wildman–Crippen MR) is 89.0 cm³/mol. The highest BCUT2D eigenvalue weighted by Crippen LogP contribution is 2.13. The summed E-state index contributed by atoms with van der Waals surface area (Å²) >= 11 is 0. The number of nitrogens with zero attached hydrogens (tertiary/aromatic N) is 1. The fraction of sp³-hybridized carbons (Fsp3) is 0.333. The number of rotatable bonds is 8. The van der Waals surface area contributed by atoms with Crippen molar-refractivity contribution in [1.82, 2.24) is 5.32 Å². The van der Waals surface area contributed by atoms with Crippen molar-refractivity contribution in [3.63, 3.8) is 0 Å². The summed E-state index contributed by atoms with van der Waals surface area (Å²) in [7, 11) is 0. The van der Waals surface area contributed by atoms with E-state index in [1.54, 1.807) is 12.1 Å². The molecule has 0 spiro atoms. The first-order valence-electron chi connectivity index (χ1n) is 7.66. The second-order valence-electron chi connectivity index (χ2n) is 5.57. The molecule has 0 aliphatic heterocycles. The summed E-state index contributed by atoms with van der Waals surface area (Å²) in [6.45, 7) is 3.14. The Kier molecular flexibility index (Phi) is 6.10. The van der Waals surface area contributed by atoms with E-state index in [0.717, 1.165) is 31.4 Å². The van der Waals surface area contributed by atoms with Crippen LogP contribution < -0.4 is 5.32 Å². The third-order valence-electron chi connectivity index (χ3n) is 3.67. The van der Waals surface area contributed by atoms with Gasteiger partial charge in [-0.15, -0.1) is 0 Å². The molecule has 0 radical (unpaired) electrons. The molecule has 1 unspecified atom stereocenters. The molecule has 4 nitrogen and oxygen atoms in total. The lowest BCUT2D eigenvalue weighted by Crippen LogP contribution is -2.29. The minimum atomic E-state index is -0.364. The molecule has 0 amide bonds. The van der Waals surface area contributed by atoms with Crippen LogP contribution in [-0.4, -0.2) is 17.5 Å². The smallest absolute Gasteiger partial charge is 0.269 e. The molecule has 4 heteroatoms. The van der Waals surface area contributed by atoms with Gasteiger partial charge in [-0.1, -0.05) is 42.5 Å². The lowest BCUT2D eigenvalue weighted by Gasteiger charge is -2.13. The maximum absolute atomic E-state index is 10.6. The van der Waals surface area contributed by atoms with E-state index in [2.05, 4.69) is 36.5 Å². The van der Waals surface area contributed by atoms with Crippen LogP contribution >= 0.6 is 0 Å². The molecule has 0 saturated carbocycles. The number of non-ortho nitro benzene ring substituents is 1. The molecule has 1 N–H and O–H groups in total. The number of benzene rings is 2. The highest BCUT2D eigenvalue weighted by molar-refractivity contribution is 5.32. The average molecular weight is 298 g/mol. The van der Waals surface area contributed by atoms with E-state index in [1.165, 1.54) is 5.56 Å². The van der Waals surface area contributed by atoms with Crippen LogP contribution in [0.5, 0.6) is 0 Å². The minimum Gasteiger partial charge on any atom is -0.314 e. The minimum absolute atomic E-state index is 0.151. The Bertz CT molecular complexity index is 582. The molecule has 2 rings (SSSR count). The lowest BCUT2D eigenvalue weighted by atomic mass is 10.1. The Hall–Kier alpha value is -2.20. The molecule has 22 heavy (non-hydrogen) atoms. The van der Waals surface area contributed by atoms with Gasteiger partial charge in [0.25, 0.3) is 5.69 Å². The lowest BCUT2D eigenvalue weighted by molar-refractivity contribution is -0.384. The van der Waals surface area contributed by atoms with E-state index < -0.39 is 0 Å². The maximum Gasteiger partial charge on any atom is 0.269 e. The largest absolute Gasteiger partial charge is 0.314 e. The summed E-state index contributed by atoms with van der Waals surface area (Å²) in [6.07, 6.45) is 2.98. The van der Waals surface area contributed by atoms with E-state index in [4.69, 9.17) is 0 Å². The van der Waals surface area contributed by atoms with Crippen LogP contribution in [0.4, 0.5) is 5.69 Å². The first-order valence-corrected chi connectivity index (χ1v) is 7.66. The van der Waals surface area contributed by atoms with E-state index in [0.29, 0.717) is 6.04 Å². The number of hydrogen-bond acceptors (Lipinski definition) is 3. The molecule has 0 fully saturated rings. The SMILES string of the molecule is CC(Cc1ccccc1)NCCCc1ccc([N+](=O)[O-])cc1. The highest BCUT2D eigenvalue weighted by atomic mass is 16.6. The summed E-state index contributed by atoms with van der Waals surface area (Å²) in [4.78, 5) is 10.2. The molecule has 116 valence electrons. The van der Waals surface area contributed by atoms with Crippen molar-refractivity contribution >= 4 is 5.69 Å². The van der Waals surface area contributed by atoms with Gasteiger partial charge in [-0.2, -0.15) is 0 Å². The number of nitro groups is 1. The van der Waals surface area contributed by atoms with Crippen molar-refractivity contribution in [2.75, 3.05) is 6.54 Å². The average Bonchev–Trinajstić information content (AvgIpc) is 2.53. The molecule has 0 aromatic heterocycles. The normalized spacial score (nSPS) is 12.0. The Labute approximate surface area is 131 Å². The van der Waals surface area contributed by atoms with Gasteiger partial charge in [-0.25, -0.2) is 0 Å². The number of aryl methyl sites for hydroxylation is 1. The summed E-state index contributed by atoms with van der Waals surface area (Å²) < 4.78 is 0. The quantitative estimate of drug-likeness (QED) is 0.459. The van der Waals surface area contributed by atoms with Gasteiger partial charge in [-0.3, -0.25) is 10.1 Å². The highest BCUT2D eigenvalue weighted by Gasteiger charge is 2.05. The molecule has 0 aliphatic carbocycles. The first kappa shape index (κ1) is 16.2. The second kappa shape index (κ2) is 8.29. The van der Waals surface area contributed by atoms with Crippen LogP contribution in [0.25, 0.3) is 0 Å². The van der Waals surface area contributed by atoms with Crippen LogP contribution in [-0.2, 0) is 12.8 Å². The zero-order valence-electron chi connectivity index (χ0n) is 12.9. The summed E-state index contributed by atoms with van der Waals surface area (Å²) in [5.41, 5.74) is 2.64. The molecule has 2 aromatic rings. The van der Waals surface area contributed by atoms with Gasteiger partial charge in [0, 0.05) is 18.2 Å². The van der Waals surface area contributed by atoms with Crippen molar-refractivity contribution < 1.29 is 4.92 Å². The molecule has 1 atom stereocenters. The summed E-state index contributed by atoms with van der Waals surface area (Å²) in [6, 6.07) is 17.7. The zero-order chi connectivity index (χ0) is 15.8. The molecular formula is C18H22N2O2. The standard InChI is InChI=1S/C18H22N2O2/c1-15(14-17-6-3-2-4-7-17)19-13-5-8-16-9-11-18(12-10-16)20(21)22/h2-4,6-7,9-12,15,19H,5,8,13-14H2,1H3. The van der Waals surface area contributed by atoms with Crippen molar-refractivity contribution in [1.29, 1.82) is 0 Å². The zero-order valence-corrected chi connectivity index (χ0v) is 12.9. The Morgan fingerprint density at radius 2 is 1.73 bits per heavy atom. The van der Waals surface area contributed by atoms with Gasteiger partial charge < -0.3 is 5.32 Å². The topological polar surface area (TPSA) is 55.2 Å². The number of hydrogen-bond donors (Lipinski definition) is 1. The Morgan fingerprint density at radius 3 is 2.36 bits per heavy atom. The summed E-state index contributed by atoms with van der Waals surface area (Å²) in [5.74, 6) is 0. The second-order valence-corrected chi connectivity index (χ2v) is 5.57. The van der Waals surface area contributed by atoms with Gasteiger partial charge in [0.15, 0.2) is 0 Å². The van der Waals surface area contributed by atoms with Crippen molar-refractivity contribution in [2.45, 2.75) is 32.2 Å². The first-order chi connectivity index (χ1) is 10.6. The Morgan fingerprint density at radius 1 is 1.05 bits per heavy atom. The maximum atomic E-state index is 10.6. The fourth-order valence-corrected chi connectivity index (χ4v) is 2.47. The van der Waals surface area contributed by atoms with Crippen LogP contribution in [0.3, 0.4) is 0 Å². The van der Waals surface area contributed by atoms with Crippen LogP contribution in [0, 0.1) is 10.1 Å². The third kappa shape index (κ3) is 5.30. The summed E-state index contributed by atoms with van der Waals surface area (Å²) in [5, 5.41) is 14.1. The number of nitro benzene ring substituents is 1. The van der Waals surface area contributed by atoms with Gasteiger partial charge >= 0.3 is 0 Å². The monoisotopic (exact) mass is 298 g/mol. The van der Waals surface area contributed by atoms with Crippen LogP contribution in [0.1, 0.15) is 24.5 Å². The van der Waals surface area contributed by atoms with E-state index in [9.17, 15) is 10.1 Å². The van der Waals surface area contributed by atoms with Gasteiger partial charge in [0.05, 0.1) is 4.92 Å². The van der Waals surface area contributed by atoms with Gasteiger partial charge in [0.2, 0.25) is 0 Å². The molecule has 0 heterocycles. The van der Waals surface area contributed by atoms with Crippen molar-refractivity contribution in [2.24, 2.45) is 0 Å².